The topological polar surface area (TPSA) is 0 Å². The van der Waals surface area contributed by atoms with Gasteiger partial charge in [-0.3, -0.25) is 0 Å². The van der Waals surface area contributed by atoms with E-state index >= 15 is 0 Å². The zero-order valence-corrected chi connectivity index (χ0v) is 12.5. The van der Waals surface area contributed by atoms with E-state index in [1.165, 1.54) is 32.9 Å². The lowest BCUT2D eigenvalue weighted by Gasteiger charge is -2.13. The summed E-state index contributed by atoms with van der Waals surface area (Å²) in [6.45, 7) is 8.81. The van der Waals surface area contributed by atoms with Crippen molar-refractivity contribution >= 4 is 27.6 Å². The van der Waals surface area contributed by atoms with E-state index in [4.69, 9.17) is 0 Å². The fourth-order valence-corrected chi connectivity index (χ4v) is 3.49. The van der Waals surface area contributed by atoms with Crippen LogP contribution in [0.25, 0.3) is 0 Å². The first-order chi connectivity index (χ1) is 8.08. The maximum Gasteiger partial charge on any atom is 0 e. The van der Waals surface area contributed by atoms with E-state index in [2.05, 4.69) is 64.1 Å². The van der Waals surface area contributed by atoms with Gasteiger partial charge in [-0.05, 0) is 55.0 Å². The first-order valence-corrected chi connectivity index (χ1v) is 6.98. The molecule has 0 saturated carbocycles. The Labute approximate surface area is 114 Å². The van der Waals surface area contributed by atoms with Crippen LogP contribution in [0.5, 0.6) is 0 Å². The summed E-state index contributed by atoms with van der Waals surface area (Å²) in [5.74, 6) is 0. The van der Waals surface area contributed by atoms with Gasteiger partial charge in [-0.1, -0.05) is 50.5 Å². The van der Waals surface area contributed by atoms with Crippen LogP contribution >= 0.6 is 8.58 Å². The maximum absolute atomic E-state index is 2.29. The normalized spacial score (nSPS) is 10.7. The van der Waals surface area contributed by atoms with Crippen LogP contribution in [0.2, 0.25) is 0 Å². The van der Waals surface area contributed by atoms with Gasteiger partial charge in [0.1, 0.15) is 0 Å². The summed E-state index contributed by atoms with van der Waals surface area (Å²) in [7, 11) is 0.770. The third-order valence-electron chi connectivity index (χ3n) is 3.08. The Morgan fingerprint density at radius 1 is 0.778 bits per heavy atom. The molecule has 0 aliphatic rings. The van der Waals surface area contributed by atoms with E-state index in [-0.39, 0.29) is 8.41 Å². The van der Waals surface area contributed by atoms with Crippen molar-refractivity contribution in [3.8, 4) is 0 Å². The molecule has 3 radical (unpaired) electrons. The monoisotopic (exact) mass is 253 g/mol. The fraction of sp³-hybridized carbons (Fsp3) is 0.250. The Kier molecular flexibility index (Phi) is 5.17. The summed E-state index contributed by atoms with van der Waals surface area (Å²) in [6.07, 6.45) is 0. The molecule has 18 heavy (non-hydrogen) atoms. The molecule has 2 heteroatoms. The number of rotatable bonds is 2. The molecule has 0 saturated heterocycles. The summed E-state index contributed by atoms with van der Waals surface area (Å²) < 4.78 is 0. The first kappa shape index (κ1) is 15.0. The fourth-order valence-electron chi connectivity index (χ4n) is 2.23. The Balaban J connectivity index is 0.00000162. The van der Waals surface area contributed by atoms with Crippen LogP contribution in [-0.2, 0) is 0 Å². The Morgan fingerprint density at radius 3 is 1.89 bits per heavy atom. The summed E-state index contributed by atoms with van der Waals surface area (Å²) in [5.41, 5.74) is 5.59. The van der Waals surface area contributed by atoms with Gasteiger partial charge in [0.15, 0.2) is 0 Å². The van der Waals surface area contributed by atoms with Gasteiger partial charge in [0.25, 0.3) is 0 Å². The van der Waals surface area contributed by atoms with Crippen molar-refractivity contribution < 1.29 is 0 Å². The van der Waals surface area contributed by atoms with Crippen molar-refractivity contribution in [1.29, 1.82) is 0 Å². The minimum absolute atomic E-state index is 0. The molecule has 0 aliphatic heterocycles. The van der Waals surface area contributed by atoms with Crippen LogP contribution in [-0.4, -0.2) is 8.41 Å². The highest BCUT2D eigenvalue weighted by atomic mass is 31.1. The SMILES string of the molecule is Cc1cc(C)c(Pc2ccccc2C)c(C)c1.[B]. The van der Waals surface area contributed by atoms with Gasteiger partial charge in [0.2, 0.25) is 0 Å². The second kappa shape index (κ2) is 6.20. The molecule has 0 spiro atoms. The molecule has 2 aromatic carbocycles. The molecule has 91 valence electrons. The van der Waals surface area contributed by atoms with Gasteiger partial charge in [-0.25, -0.2) is 0 Å². The molecule has 2 aromatic rings. The van der Waals surface area contributed by atoms with Gasteiger partial charge in [-0.15, -0.1) is 0 Å². The van der Waals surface area contributed by atoms with Gasteiger partial charge in [0, 0.05) is 8.41 Å². The first-order valence-electron chi connectivity index (χ1n) is 5.98. The molecule has 2 rings (SSSR count). The van der Waals surface area contributed by atoms with E-state index in [0.717, 1.165) is 8.58 Å². The molecule has 1 atom stereocenters. The summed E-state index contributed by atoms with van der Waals surface area (Å²) in [4.78, 5) is 0. The van der Waals surface area contributed by atoms with Crippen molar-refractivity contribution in [2.75, 3.05) is 0 Å². The quantitative estimate of drug-likeness (QED) is 0.569. The molecular weight excluding hydrogens is 234 g/mol. The van der Waals surface area contributed by atoms with E-state index in [0.29, 0.717) is 0 Å². The molecule has 0 aliphatic carbocycles. The molecule has 0 nitrogen and oxygen atoms in total. The molecule has 0 N–H and O–H groups in total. The zero-order chi connectivity index (χ0) is 12.4. The summed E-state index contributed by atoms with van der Waals surface area (Å²) in [5, 5.41) is 2.97. The van der Waals surface area contributed by atoms with E-state index in [1.807, 2.05) is 0 Å². The molecule has 0 aromatic heterocycles. The van der Waals surface area contributed by atoms with Crippen LogP contribution in [0.15, 0.2) is 36.4 Å². The molecule has 0 heterocycles. The van der Waals surface area contributed by atoms with Gasteiger partial charge in [0.05, 0.1) is 0 Å². The lowest BCUT2D eigenvalue weighted by atomic mass is 10.1. The van der Waals surface area contributed by atoms with Crippen LogP contribution in [0.4, 0.5) is 0 Å². The van der Waals surface area contributed by atoms with Gasteiger partial charge >= 0.3 is 0 Å². The van der Waals surface area contributed by atoms with Gasteiger partial charge < -0.3 is 0 Å². The lowest BCUT2D eigenvalue weighted by Crippen LogP contribution is -2.12. The number of hydrogen-bond donors (Lipinski definition) is 0. The van der Waals surface area contributed by atoms with Crippen molar-refractivity contribution in [3.05, 3.63) is 58.7 Å². The smallest absolute Gasteiger partial charge is 0 e. The molecule has 1 unspecified atom stereocenters. The van der Waals surface area contributed by atoms with Crippen molar-refractivity contribution in [2.45, 2.75) is 27.7 Å². The van der Waals surface area contributed by atoms with E-state index in [1.54, 1.807) is 0 Å². The summed E-state index contributed by atoms with van der Waals surface area (Å²) in [6, 6.07) is 13.3. The Morgan fingerprint density at radius 2 is 1.33 bits per heavy atom. The molecule has 0 amide bonds. The predicted molar refractivity (Wildman–Crippen MR) is 85.2 cm³/mol. The largest absolute Gasteiger partial charge is 0.0620 e. The van der Waals surface area contributed by atoms with Crippen LogP contribution < -0.4 is 10.6 Å². The average molecular weight is 253 g/mol. The Hall–Kier alpha value is -1.07. The van der Waals surface area contributed by atoms with Crippen molar-refractivity contribution in [1.82, 2.24) is 0 Å². The number of benzene rings is 2. The summed E-state index contributed by atoms with van der Waals surface area (Å²) >= 11 is 0. The number of hydrogen-bond acceptors (Lipinski definition) is 0. The number of aryl methyl sites for hydroxylation is 4. The van der Waals surface area contributed by atoms with Crippen molar-refractivity contribution in [2.24, 2.45) is 0 Å². The highest BCUT2D eigenvalue weighted by Crippen LogP contribution is 2.19. The predicted octanol–water partition coefficient (Wildman–Crippen LogP) is 3.17. The second-order valence-electron chi connectivity index (χ2n) is 4.71. The lowest BCUT2D eigenvalue weighted by molar-refractivity contribution is 1.36. The Bertz CT molecular complexity index is 524. The van der Waals surface area contributed by atoms with Crippen LogP contribution in [0, 0.1) is 27.7 Å². The zero-order valence-electron chi connectivity index (χ0n) is 11.5. The van der Waals surface area contributed by atoms with Gasteiger partial charge in [-0.2, -0.15) is 0 Å². The standard InChI is InChI=1S/C16H19P.B/c1-11-9-13(3)16(14(4)10-11)17-15-8-6-5-7-12(15)2;/h5-10,17H,1-4H3;. The molecule has 0 bridgehead atoms. The highest BCUT2D eigenvalue weighted by Gasteiger charge is 2.06. The minimum atomic E-state index is 0. The molecular formula is C16H19BP. The second-order valence-corrected chi connectivity index (χ2v) is 6.00. The highest BCUT2D eigenvalue weighted by molar-refractivity contribution is 7.55. The molecule has 0 fully saturated rings. The van der Waals surface area contributed by atoms with Crippen LogP contribution in [0.1, 0.15) is 22.3 Å². The van der Waals surface area contributed by atoms with Crippen LogP contribution in [0.3, 0.4) is 0 Å². The van der Waals surface area contributed by atoms with E-state index in [9.17, 15) is 0 Å². The van der Waals surface area contributed by atoms with E-state index < -0.39 is 0 Å². The maximum atomic E-state index is 2.29. The minimum Gasteiger partial charge on any atom is -0.0620 e. The average Bonchev–Trinajstić information content (AvgIpc) is 2.25. The van der Waals surface area contributed by atoms with Crippen molar-refractivity contribution in [3.63, 3.8) is 0 Å². The third-order valence-corrected chi connectivity index (χ3v) is 4.95. The third kappa shape index (κ3) is 3.24.